The molecule has 2 N–H and O–H groups in total. The van der Waals surface area contributed by atoms with Gasteiger partial charge in [0, 0.05) is 25.8 Å². The van der Waals surface area contributed by atoms with Crippen molar-refractivity contribution in [2.45, 2.75) is 20.3 Å². The van der Waals surface area contributed by atoms with Gasteiger partial charge in [0.1, 0.15) is 0 Å². The molecule has 0 aromatic rings. The Labute approximate surface area is 75.8 Å². The predicted molar refractivity (Wildman–Crippen MR) is 53.7 cm³/mol. The maximum Gasteiger partial charge on any atom is 0.0465 e. The van der Waals surface area contributed by atoms with Gasteiger partial charge in [0.05, 0.1) is 0 Å². The zero-order valence-electron chi connectivity index (χ0n) is 8.65. The normalized spacial score (nSPS) is 11.8. The Kier molecular flexibility index (Phi) is 6.81. The highest BCUT2D eigenvalue weighted by Gasteiger charge is 2.02. The van der Waals surface area contributed by atoms with Crippen LogP contribution in [0.15, 0.2) is 11.8 Å². The van der Waals surface area contributed by atoms with E-state index < -0.39 is 0 Å². The molecule has 0 aromatic carbocycles. The van der Waals surface area contributed by atoms with E-state index >= 15 is 0 Å². The fraction of sp³-hybridized carbons (Fsp3) is 0.778. The molecule has 0 radical (unpaired) electrons. The van der Waals surface area contributed by atoms with Crippen molar-refractivity contribution in [3.05, 3.63) is 11.8 Å². The monoisotopic (exact) mass is 171 g/mol. The minimum atomic E-state index is 0.998. The van der Waals surface area contributed by atoms with Crippen molar-refractivity contribution in [3.8, 4) is 0 Å². The van der Waals surface area contributed by atoms with E-state index in [1.54, 1.807) is 0 Å². The Morgan fingerprint density at radius 3 is 2.42 bits per heavy atom. The Morgan fingerprint density at radius 2 is 2.08 bits per heavy atom. The fourth-order valence-corrected chi connectivity index (χ4v) is 1.17. The van der Waals surface area contributed by atoms with Crippen LogP contribution in [-0.4, -0.2) is 32.2 Å². The molecule has 0 rings (SSSR count). The Hall–Kier alpha value is -0.540. The molecule has 72 valence electrons. The van der Waals surface area contributed by atoms with Gasteiger partial charge < -0.3 is 10.3 Å². The molecule has 0 saturated carbocycles. The molecule has 0 aliphatic rings. The number of nitrogens with one attached hydrogen (secondary N) is 2. The molecule has 0 saturated heterocycles. The van der Waals surface area contributed by atoms with Crippen LogP contribution in [-0.2, 0) is 0 Å². The molecule has 0 unspecified atom stereocenters. The highest BCUT2D eigenvalue weighted by Crippen LogP contribution is 2.03. The maximum absolute atomic E-state index is 3.16. The van der Waals surface area contributed by atoms with Crippen LogP contribution in [0.1, 0.15) is 20.3 Å². The SMILES string of the molecule is C/C=C(/CC)N(CCNC)NC. The summed E-state index contributed by atoms with van der Waals surface area (Å²) in [4.78, 5) is 0. The van der Waals surface area contributed by atoms with E-state index in [0.717, 1.165) is 19.5 Å². The van der Waals surface area contributed by atoms with E-state index in [-0.39, 0.29) is 0 Å². The molecule has 0 fully saturated rings. The summed E-state index contributed by atoms with van der Waals surface area (Å²) in [6, 6.07) is 0. The molecule has 3 nitrogen and oxygen atoms in total. The van der Waals surface area contributed by atoms with Crippen molar-refractivity contribution in [1.29, 1.82) is 0 Å². The highest BCUT2D eigenvalue weighted by molar-refractivity contribution is 4.96. The first-order valence-electron chi connectivity index (χ1n) is 4.54. The molecule has 0 aliphatic heterocycles. The molecule has 0 bridgehead atoms. The van der Waals surface area contributed by atoms with Crippen LogP contribution in [0.3, 0.4) is 0 Å². The molecule has 0 heterocycles. The molecule has 0 aromatic heterocycles. The van der Waals surface area contributed by atoms with Crippen molar-refractivity contribution in [2.24, 2.45) is 0 Å². The minimum absolute atomic E-state index is 0.998. The zero-order valence-corrected chi connectivity index (χ0v) is 8.65. The lowest BCUT2D eigenvalue weighted by Crippen LogP contribution is -2.38. The number of hydrazine groups is 1. The van der Waals surface area contributed by atoms with Gasteiger partial charge in [-0.15, -0.1) is 0 Å². The van der Waals surface area contributed by atoms with Crippen molar-refractivity contribution >= 4 is 0 Å². The second-order valence-electron chi connectivity index (χ2n) is 2.61. The first-order valence-corrected chi connectivity index (χ1v) is 4.54. The quantitative estimate of drug-likeness (QED) is 0.583. The third-order valence-corrected chi connectivity index (χ3v) is 1.90. The average molecular weight is 171 g/mol. The van der Waals surface area contributed by atoms with Gasteiger partial charge in [-0.25, -0.2) is 5.43 Å². The second-order valence-corrected chi connectivity index (χ2v) is 2.61. The number of likely N-dealkylation sites (N-methyl/N-ethyl adjacent to an activating group) is 1. The molecular formula is C9H21N3. The third kappa shape index (κ3) is 3.74. The minimum Gasteiger partial charge on any atom is -0.318 e. The summed E-state index contributed by atoms with van der Waals surface area (Å²) in [6.45, 7) is 6.24. The van der Waals surface area contributed by atoms with E-state index in [1.807, 2.05) is 14.1 Å². The summed E-state index contributed by atoms with van der Waals surface area (Å²) in [6.07, 6.45) is 3.22. The van der Waals surface area contributed by atoms with Crippen LogP contribution in [0, 0.1) is 0 Å². The summed E-state index contributed by atoms with van der Waals surface area (Å²) in [5.41, 5.74) is 4.50. The summed E-state index contributed by atoms with van der Waals surface area (Å²) in [5, 5.41) is 5.29. The van der Waals surface area contributed by atoms with Crippen LogP contribution in [0.2, 0.25) is 0 Å². The maximum atomic E-state index is 3.16. The van der Waals surface area contributed by atoms with Crippen molar-refractivity contribution < 1.29 is 0 Å². The van der Waals surface area contributed by atoms with Gasteiger partial charge in [0.2, 0.25) is 0 Å². The van der Waals surface area contributed by atoms with E-state index in [0.29, 0.717) is 0 Å². The van der Waals surface area contributed by atoms with Gasteiger partial charge in [0.25, 0.3) is 0 Å². The molecular weight excluding hydrogens is 150 g/mol. The Bertz CT molecular complexity index is 132. The van der Waals surface area contributed by atoms with E-state index in [2.05, 4.69) is 35.7 Å². The first-order chi connectivity index (χ1) is 5.79. The van der Waals surface area contributed by atoms with E-state index in [4.69, 9.17) is 0 Å². The standard InChI is InChI=1S/C9H21N3/c1-5-9(6-2)12(11-4)8-7-10-3/h5,10-11H,6-8H2,1-4H3/b9-5-. The lowest BCUT2D eigenvalue weighted by molar-refractivity contribution is 0.264. The summed E-state index contributed by atoms with van der Waals surface area (Å²) in [7, 11) is 3.92. The zero-order chi connectivity index (χ0) is 9.40. The number of nitrogens with zero attached hydrogens (tertiary/aromatic N) is 1. The smallest absolute Gasteiger partial charge is 0.0465 e. The van der Waals surface area contributed by atoms with Gasteiger partial charge >= 0.3 is 0 Å². The lowest BCUT2D eigenvalue weighted by atomic mass is 10.3. The predicted octanol–water partition coefficient (Wildman–Crippen LogP) is 0.956. The van der Waals surface area contributed by atoms with Crippen LogP contribution < -0.4 is 10.7 Å². The van der Waals surface area contributed by atoms with Crippen LogP contribution >= 0.6 is 0 Å². The Morgan fingerprint density at radius 1 is 1.42 bits per heavy atom. The van der Waals surface area contributed by atoms with Crippen LogP contribution in [0.5, 0.6) is 0 Å². The van der Waals surface area contributed by atoms with Crippen molar-refractivity contribution in [1.82, 2.24) is 15.8 Å². The molecule has 3 heteroatoms. The lowest BCUT2D eigenvalue weighted by Gasteiger charge is -2.25. The summed E-state index contributed by atoms with van der Waals surface area (Å²) in [5.74, 6) is 0. The first kappa shape index (κ1) is 11.5. The van der Waals surface area contributed by atoms with E-state index in [1.165, 1.54) is 5.70 Å². The van der Waals surface area contributed by atoms with Gasteiger partial charge in [-0.1, -0.05) is 13.0 Å². The van der Waals surface area contributed by atoms with Crippen LogP contribution in [0.4, 0.5) is 0 Å². The number of hydrogen-bond acceptors (Lipinski definition) is 3. The number of allylic oxidation sites excluding steroid dienone is 2. The molecule has 0 aliphatic carbocycles. The molecule has 0 atom stereocenters. The second kappa shape index (κ2) is 7.13. The van der Waals surface area contributed by atoms with E-state index in [9.17, 15) is 0 Å². The largest absolute Gasteiger partial charge is 0.318 e. The van der Waals surface area contributed by atoms with Gasteiger partial charge in [-0.3, -0.25) is 0 Å². The van der Waals surface area contributed by atoms with Gasteiger partial charge in [-0.2, -0.15) is 0 Å². The number of hydrogen-bond donors (Lipinski definition) is 2. The summed E-state index contributed by atoms with van der Waals surface area (Å²) >= 11 is 0. The molecule has 0 amide bonds. The highest BCUT2D eigenvalue weighted by atomic mass is 15.5. The molecule has 0 spiro atoms. The third-order valence-electron chi connectivity index (χ3n) is 1.90. The Balaban J connectivity index is 3.94. The van der Waals surface area contributed by atoms with Crippen molar-refractivity contribution in [3.63, 3.8) is 0 Å². The average Bonchev–Trinajstić information content (AvgIpc) is 2.12. The number of rotatable bonds is 6. The van der Waals surface area contributed by atoms with Gasteiger partial charge in [-0.05, 0) is 20.4 Å². The van der Waals surface area contributed by atoms with Crippen LogP contribution in [0.25, 0.3) is 0 Å². The molecule has 12 heavy (non-hydrogen) atoms. The van der Waals surface area contributed by atoms with Crippen molar-refractivity contribution in [2.75, 3.05) is 27.2 Å². The summed E-state index contributed by atoms with van der Waals surface area (Å²) < 4.78 is 0. The van der Waals surface area contributed by atoms with Gasteiger partial charge in [0.15, 0.2) is 0 Å². The topological polar surface area (TPSA) is 27.3 Å². The fourth-order valence-electron chi connectivity index (χ4n) is 1.17.